The van der Waals surface area contributed by atoms with Crippen molar-refractivity contribution in [2.24, 2.45) is 0 Å². The van der Waals surface area contributed by atoms with Crippen LogP contribution in [-0.2, 0) is 9.59 Å². The topological polar surface area (TPSA) is 78.1 Å². The smallest absolute Gasteiger partial charge is 0.245 e. The molecule has 2 amide bonds. The fourth-order valence-corrected chi connectivity index (χ4v) is 2.28. The second-order valence-electron chi connectivity index (χ2n) is 3.55. The largest absolute Gasteiger partial charge is 0.323 e. The molecule has 6 nitrogen and oxygen atoms in total. The minimum Gasteiger partial charge on any atom is -0.323 e. The molecule has 0 bridgehead atoms. The molecule has 0 spiro atoms. The molecule has 1 aliphatic heterocycles. The molecule has 1 fully saturated rings. The second-order valence-corrected chi connectivity index (χ2v) is 4.51. The van der Waals surface area contributed by atoms with Crippen LogP contribution >= 0.6 is 11.8 Å². The highest BCUT2D eigenvalue weighted by molar-refractivity contribution is 8.00. The zero-order valence-electron chi connectivity index (χ0n) is 8.82. The Morgan fingerprint density at radius 2 is 2.56 bits per heavy atom. The minimum absolute atomic E-state index is 0.0124. The molecule has 16 heavy (non-hydrogen) atoms. The lowest BCUT2D eigenvalue weighted by molar-refractivity contribution is -0.130. The first-order chi connectivity index (χ1) is 7.65. The number of nitrogens with zero attached hydrogens (tertiary/aromatic N) is 2. The SMILES string of the molecule is Cc1cc(NC(=O)CN2CSCC2=O)n[nH]1. The maximum atomic E-state index is 11.6. The summed E-state index contributed by atoms with van der Waals surface area (Å²) in [5.41, 5.74) is 0.878. The van der Waals surface area contributed by atoms with Gasteiger partial charge in [-0.2, -0.15) is 5.10 Å². The summed E-state index contributed by atoms with van der Waals surface area (Å²) in [5, 5.41) is 9.24. The molecular weight excluding hydrogens is 228 g/mol. The van der Waals surface area contributed by atoms with Crippen molar-refractivity contribution in [1.29, 1.82) is 0 Å². The Hall–Kier alpha value is -1.50. The number of rotatable bonds is 3. The molecule has 2 heterocycles. The number of hydrogen-bond donors (Lipinski definition) is 2. The molecule has 1 aliphatic rings. The Kier molecular flexibility index (Phi) is 3.14. The van der Waals surface area contributed by atoms with E-state index in [1.165, 1.54) is 16.7 Å². The monoisotopic (exact) mass is 240 g/mol. The van der Waals surface area contributed by atoms with Gasteiger partial charge in [0.15, 0.2) is 5.82 Å². The Bertz CT molecular complexity index is 417. The first-order valence-corrected chi connectivity index (χ1v) is 5.98. The van der Waals surface area contributed by atoms with Gasteiger partial charge < -0.3 is 10.2 Å². The number of H-pyrrole nitrogens is 1. The van der Waals surface area contributed by atoms with Crippen LogP contribution in [0.2, 0.25) is 0 Å². The first-order valence-electron chi connectivity index (χ1n) is 4.82. The fourth-order valence-electron chi connectivity index (χ4n) is 1.38. The van der Waals surface area contributed by atoms with E-state index in [9.17, 15) is 9.59 Å². The van der Waals surface area contributed by atoms with Crippen LogP contribution in [-0.4, -0.2) is 45.1 Å². The van der Waals surface area contributed by atoms with E-state index in [1.54, 1.807) is 6.07 Å². The van der Waals surface area contributed by atoms with Gasteiger partial charge in [-0.1, -0.05) is 0 Å². The predicted molar refractivity (Wildman–Crippen MR) is 61.0 cm³/mol. The molecule has 0 radical (unpaired) electrons. The van der Waals surface area contributed by atoms with E-state index in [2.05, 4.69) is 15.5 Å². The summed E-state index contributed by atoms with van der Waals surface area (Å²) in [6.45, 7) is 1.95. The zero-order chi connectivity index (χ0) is 11.5. The average Bonchev–Trinajstić information content (AvgIpc) is 2.77. The third-order valence-electron chi connectivity index (χ3n) is 2.13. The third-order valence-corrected chi connectivity index (χ3v) is 3.08. The van der Waals surface area contributed by atoms with Gasteiger partial charge in [0, 0.05) is 11.8 Å². The molecule has 7 heteroatoms. The Labute approximate surface area is 96.8 Å². The number of aromatic nitrogens is 2. The molecule has 0 aliphatic carbocycles. The Balaban J connectivity index is 1.86. The summed E-state index contributed by atoms with van der Waals surface area (Å²) in [6.07, 6.45) is 0. The number of thioether (sulfide) groups is 1. The van der Waals surface area contributed by atoms with E-state index in [1.807, 2.05) is 6.92 Å². The summed E-state index contributed by atoms with van der Waals surface area (Å²) in [4.78, 5) is 24.4. The molecule has 1 aromatic rings. The van der Waals surface area contributed by atoms with Gasteiger partial charge >= 0.3 is 0 Å². The number of carbonyl (C=O) groups is 2. The van der Waals surface area contributed by atoms with Crippen molar-refractivity contribution in [1.82, 2.24) is 15.1 Å². The number of anilines is 1. The van der Waals surface area contributed by atoms with E-state index in [4.69, 9.17) is 0 Å². The van der Waals surface area contributed by atoms with Gasteiger partial charge in [0.1, 0.15) is 6.54 Å². The molecule has 2 rings (SSSR count). The average molecular weight is 240 g/mol. The van der Waals surface area contributed by atoms with E-state index in [-0.39, 0.29) is 18.4 Å². The number of amides is 2. The van der Waals surface area contributed by atoms with Crippen LogP contribution in [0.15, 0.2) is 6.07 Å². The summed E-state index contributed by atoms with van der Waals surface area (Å²) >= 11 is 1.52. The molecule has 0 aromatic carbocycles. The van der Waals surface area contributed by atoms with Crippen molar-refractivity contribution < 1.29 is 9.59 Å². The number of aryl methyl sites for hydroxylation is 1. The zero-order valence-corrected chi connectivity index (χ0v) is 9.63. The first kappa shape index (κ1) is 11.0. The van der Waals surface area contributed by atoms with Crippen molar-refractivity contribution in [3.8, 4) is 0 Å². The van der Waals surface area contributed by atoms with Crippen LogP contribution < -0.4 is 5.32 Å². The molecular formula is C9H12N4O2S. The van der Waals surface area contributed by atoms with Gasteiger partial charge in [0.25, 0.3) is 0 Å². The summed E-state index contributed by atoms with van der Waals surface area (Å²) in [5.74, 6) is 1.34. The van der Waals surface area contributed by atoms with Gasteiger partial charge in [-0.05, 0) is 6.92 Å². The molecule has 0 saturated carbocycles. The van der Waals surface area contributed by atoms with E-state index in [0.29, 0.717) is 17.4 Å². The van der Waals surface area contributed by atoms with Crippen LogP contribution in [0.5, 0.6) is 0 Å². The minimum atomic E-state index is -0.220. The molecule has 2 N–H and O–H groups in total. The van der Waals surface area contributed by atoms with Crippen molar-refractivity contribution in [3.63, 3.8) is 0 Å². The molecule has 0 atom stereocenters. The van der Waals surface area contributed by atoms with Crippen LogP contribution in [0.4, 0.5) is 5.82 Å². The van der Waals surface area contributed by atoms with E-state index >= 15 is 0 Å². The van der Waals surface area contributed by atoms with Crippen molar-refractivity contribution >= 4 is 29.4 Å². The maximum Gasteiger partial charge on any atom is 0.245 e. The van der Waals surface area contributed by atoms with Crippen LogP contribution in [0.3, 0.4) is 0 Å². The standard InChI is InChI=1S/C9H12N4O2S/c1-6-2-7(12-11-6)10-8(14)3-13-5-16-4-9(13)15/h2H,3-5H2,1H3,(H2,10,11,12,14). The Morgan fingerprint density at radius 1 is 1.75 bits per heavy atom. The van der Waals surface area contributed by atoms with Crippen molar-refractivity contribution in [3.05, 3.63) is 11.8 Å². The van der Waals surface area contributed by atoms with Gasteiger partial charge in [-0.15, -0.1) is 11.8 Å². The molecule has 0 unspecified atom stereocenters. The molecule has 1 saturated heterocycles. The van der Waals surface area contributed by atoms with E-state index < -0.39 is 0 Å². The quantitative estimate of drug-likeness (QED) is 0.790. The van der Waals surface area contributed by atoms with Crippen molar-refractivity contribution in [2.75, 3.05) is 23.5 Å². The lowest BCUT2D eigenvalue weighted by atomic mass is 10.4. The lowest BCUT2D eigenvalue weighted by Gasteiger charge is -2.13. The third kappa shape index (κ3) is 2.54. The second kappa shape index (κ2) is 4.56. The number of hydrogen-bond acceptors (Lipinski definition) is 4. The highest BCUT2D eigenvalue weighted by Crippen LogP contribution is 2.14. The predicted octanol–water partition coefficient (Wildman–Crippen LogP) is 0.190. The summed E-state index contributed by atoms with van der Waals surface area (Å²) in [7, 11) is 0. The summed E-state index contributed by atoms with van der Waals surface area (Å²) in [6, 6.07) is 1.73. The van der Waals surface area contributed by atoms with Gasteiger partial charge in [0.05, 0.1) is 11.6 Å². The highest BCUT2D eigenvalue weighted by Gasteiger charge is 2.22. The van der Waals surface area contributed by atoms with Gasteiger partial charge in [0.2, 0.25) is 11.8 Å². The van der Waals surface area contributed by atoms with Gasteiger partial charge in [-0.25, -0.2) is 0 Å². The highest BCUT2D eigenvalue weighted by atomic mass is 32.2. The van der Waals surface area contributed by atoms with Crippen LogP contribution in [0.25, 0.3) is 0 Å². The lowest BCUT2D eigenvalue weighted by Crippen LogP contribution is -2.34. The van der Waals surface area contributed by atoms with Crippen LogP contribution in [0, 0.1) is 6.92 Å². The number of aromatic amines is 1. The van der Waals surface area contributed by atoms with Crippen molar-refractivity contribution in [2.45, 2.75) is 6.92 Å². The maximum absolute atomic E-state index is 11.6. The molecule has 86 valence electrons. The fraction of sp³-hybridized carbons (Fsp3) is 0.444. The summed E-state index contributed by atoms with van der Waals surface area (Å²) < 4.78 is 0. The number of carbonyl (C=O) groups excluding carboxylic acids is 2. The normalized spacial score (nSPS) is 15.6. The van der Waals surface area contributed by atoms with Gasteiger partial charge in [-0.3, -0.25) is 14.7 Å². The number of nitrogens with one attached hydrogen (secondary N) is 2. The Morgan fingerprint density at radius 3 is 3.12 bits per heavy atom. The van der Waals surface area contributed by atoms with Crippen LogP contribution in [0.1, 0.15) is 5.69 Å². The van der Waals surface area contributed by atoms with E-state index in [0.717, 1.165) is 5.69 Å². The molecule has 1 aromatic heterocycles.